The maximum Gasteiger partial charge on any atom is 0.248 e. The van der Waals surface area contributed by atoms with Crippen molar-refractivity contribution in [3.63, 3.8) is 0 Å². The van der Waals surface area contributed by atoms with Gasteiger partial charge in [0, 0.05) is 23.7 Å². The van der Waals surface area contributed by atoms with E-state index in [0.29, 0.717) is 24.7 Å². The maximum atomic E-state index is 13.5. The van der Waals surface area contributed by atoms with Crippen molar-refractivity contribution >= 4 is 28.3 Å². The Kier molecular flexibility index (Phi) is 8.91. The summed E-state index contributed by atoms with van der Waals surface area (Å²) in [5, 5.41) is 7.14. The highest BCUT2D eigenvalue weighted by Crippen LogP contribution is 2.27. The number of anilines is 2. The van der Waals surface area contributed by atoms with Crippen molar-refractivity contribution in [1.29, 1.82) is 0 Å². The third-order valence-electron chi connectivity index (χ3n) is 5.60. The first-order chi connectivity index (χ1) is 18.0. The third-order valence-corrected chi connectivity index (χ3v) is 5.60. The fourth-order valence-corrected chi connectivity index (χ4v) is 3.80. The summed E-state index contributed by atoms with van der Waals surface area (Å²) in [5.74, 6) is 0.121. The monoisotopic (exact) mass is 499 g/mol. The molecule has 1 amide bonds. The van der Waals surface area contributed by atoms with Gasteiger partial charge < -0.3 is 20.3 Å². The Labute approximate surface area is 216 Å². The van der Waals surface area contributed by atoms with Crippen LogP contribution in [0.1, 0.15) is 17.2 Å². The zero-order chi connectivity index (χ0) is 26.0. The average molecular weight is 500 g/mol. The molecule has 1 atom stereocenters. The van der Waals surface area contributed by atoms with Crippen molar-refractivity contribution in [3.8, 4) is 0 Å². The van der Waals surface area contributed by atoms with Gasteiger partial charge in [0.2, 0.25) is 5.91 Å². The summed E-state index contributed by atoms with van der Waals surface area (Å²) < 4.78 is 19.5. The van der Waals surface area contributed by atoms with Gasteiger partial charge in [-0.15, -0.1) is 0 Å². The number of nitrogens with one attached hydrogen (secondary N) is 2. The molecule has 4 aromatic rings. The molecule has 0 aliphatic heterocycles. The van der Waals surface area contributed by atoms with E-state index in [0.717, 1.165) is 22.0 Å². The number of hydrogen-bond acceptors (Lipinski definition) is 6. The van der Waals surface area contributed by atoms with Crippen molar-refractivity contribution in [2.24, 2.45) is 0 Å². The predicted molar refractivity (Wildman–Crippen MR) is 145 cm³/mol. The number of halogens is 1. The van der Waals surface area contributed by atoms with E-state index in [9.17, 15) is 9.18 Å². The minimum absolute atomic E-state index is 0.208. The Morgan fingerprint density at radius 2 is 1.89 bits per heavy atom. The van der Waals surface area contributed by atoms with Crippen LogP contribution in [0.4, 0.5) is 15.9 Å². The van der Waals surface area contributed by atoms with Crippen LogP contribution in [-0.4, -0.2) is 48.0 Å². The molecule has 4 rings (SSSR count). The van der Waals surface area contributed by atoms with Gasteiger partial charge in [0.15, 0.2) is 0 Å². The lowest BCUT2D eigenvalue weighted by molar-refractivity contribution is -0.111. The van der Waals surface area contributed by atoms with Gasteiger partial charge in [0.05, 0.1) is 24.8 Å². The van der Waals surface area contributed by atoms with Crippen molar-refractivity contribution in [2.75, 3.05) is 37.9 Å². The molecule has 37 heavy (non-hydrogen) atoms. The first-order valence-corrected chi connectivity index (χ1v) is 12.0. The van der Waals surface area contributed by atoms with Crippen molar-refractivity contribution in [1.82, 2.24) is 14.9 Å². The number of nitrogens with zero attached hydrogens (tertiary/aromatic N) is 3. The van der Waals surface area contributed by atoms with E-state index in [1.807, 2.05) is 73.6 Å². The van der Waals surface area contributed by atoms with E-state index in [-0.39, 0.29) is 24.4 Å². The van der Waals surface area contributed by atoms with Crippen LogP contribution < -0.4 is 10.6 Å². The van der Waals surface area contributed by atoms with Crippen LogP contribution in [0.15, 0.2) is 91.3 Å². The highest BCUT2D eigenvalue weighted by molar-refractivity contribution is 6.01. The van der Waals surface area contributed by atoms with E-state index in [1.54, 1.807) is 12.1 Å². The largest absolute Gasteiger partial charge is 0.374 e. The standard InChI is InChI=1S/C29H30FN5O2/c1-35(2)15-7-12-28(36)33-24-13-14-26-25(17-24)29(32-20-31-26)34-27(22-9-4-3-5-10-22)19-37-18-21-8-6-11-23(30)16-21/h3-14,16-17,20,27H,15,18-19H2,1-2H3,(H,33,36)(H,31,32,34)/t27-/m1/s1. The van der Waals surface area contributed by atoms with Crippen molar-refractivity contribution < 1.29 is 13.9 Å². The van der Waals surface area contributed by atoms with E-state index in [2.05, 4.69) is 20.6 Å². The number of rotatable bonds is 11. The molecular formula is C29H30FN5O2. The van der Waals surface area contributed by atoms with Gasteiger partial charge in [-0.3, -0.25) is 4.79 Å². The van der Waals surface area contributed by atoms with Crippen LogP contribution in [0.25, 0.3) is 10.9 Å². The molecule has 8 heteroatoms. The number of ether oxygens (including phenoxy) is 1. The Hall–Kier alpha value is -4.14. The van der Waals surface area contributed by atoms with Gasteiger partial charge >= 0.3 is 0 Å². The maximum absolute atomic E-state index is 13.5. The molecule has 0 radical (unpaired) electrons. The smallest absolute Gasteiger partial charge is 0.248 e. The molecular weight excluding hydrogens is 469 g/mol. The molecule has 190 valence electrons. The highest BCUT2D eigenvalue weighted by atomic mass is 19.1. The average Bonchev–Trinajstić information content (AvgIpc) is 2.88. The summed E-state index contributed by atoms with van der Waals surface area (Å²) in [5.41, 5.74) is 3.16. The molecule has 1 heterocycles. The first-order valence-electron chi connectivity index (χ1n) is 12.0. The van der Waals surface area contributed by atoms with Gasteiger partial charge in [-0.25, -0.2) is 14.4 Å². The van der Waals surface area contributed by atoms with E-state index in [4.69, 9.17) is 4.74 Å². The highest BCUT2D eigenvalue weighted by Gasteiger charge is 2.15. The lowest BCUT2D eigenvalue weighted by Gasteiger charge is -2.21. The number of carbonyl (C=O) groups excluding carboxylic acids is 1. The summed E-state index contributed by atoms with van der Waals surface area (Å²) >= 11 is 0. The Bertz CT molecular complexity index is 1360. The fourth-order valence-electron chi connectivity index (χ4n) is 3.80. The van der Waals surface area contributed by atoms with Gasteiger partial charge in [-0.1, -0.05) is 48.5 Å². The summed E-state index contributed by atoms with van der Waals surface area (Å²) in [7, 11) is 3.88. The molecule has 0 saturated heterocycles. The molecule has 0 aliphatic rings. The summed E-state index contributed by atoms with van der Waals surface area (Å²) in [4.78, 5) is 23.2. The van der Waals surface area contributed by atoms with Crippen molar-refractivity contribution in [3.05, 3.63) is 108 Å². The summed E-state index contributed by atoms with van der Waals surface area (Å²) in [6.07, 6.45) is 4.83. The molecule has 0 aliphatic carbocycles. The molecule has 0 spiro atoms. The van der Waals surface area contributed by atoms with Crippen LogP contribution >= 0.6 is 0 Å². The second-order valence-corrected chi connectivity index (χ2v) is 8.86. The SMILES string of the molecule is CN(C)CC=CC(=O)Nc1ccc2ncnc(N[C@H](COCc3cccc(F)c3)c3ccccc3)c2c1. The molecule has 0 unspecified atom stereocenters. The number of fused-ring (bicyclic) bond motifs is 1. The van der Waals surface area contributed by atoms with E-state index < -0.39 is 0 Å². The number of benzene rings is 3. The van der Waals surface area contributed by atoms with Crippen LogP contribution in [0.5, 0.6) is 0 Å². The summed E-state index contributed by atoms with van der Waals surface area (Å²) in [6, 6.07) is 21.6. The van der Waals surface area contributed by atoms with Gasteiger partial charge in [0.25, 0.3) is 0 Å². The number of hydrogen-bond donors (Lipinski definition) is 2. The van der Waals surface area contributed by atoms with E-state index >= 15 is 0 Å². The van der Waals surface area contributed by atoms with Crippen LogP contribution in [-0.2, 0) is 16.1 Å². The van der Waals surface area contributed by atoms with Gasteiger partial charge in [-0.2, -0.15) is 0 Å². The zero-order valence-corrected chi connectivity index (χ0v) is 20.9. The van der Waals surface area contributed by atoms with Crippen LogP contribution in [0.3, 0.4) is 0 Å². The second-order valence-electron chi connectivity index (χ2n) is 8.86. The van der Waals surface area contributed by atoms with Crippen LogP contribution in [0.2, 0.25) is 0 Å². The Balaban J connectivity index is 1.53. The minimum Gasteiger partial charge on any atom is -0.374 e. The number of aromatic nitrogens is 2. The molecule has 7 nitrogen and oxygen atoms in total. The zero-order valence-electron chi connectivity index (χ0n) is 20.9. The van der Waals surface area contributed by atoms with E-state index in [1.165, 1.54) is 24.5 Å². The number of amides is 1. The number of likely N-dealkylation sites (N-methyl/N-ethyl adjacent to an activating group) is 1. The third kappa shape index (κ3) is 7.67. The molecule has 2 N–H and O–H groups in total. The van der Waals surface area contributed by atoms with Gasteiger partial charge in [0.1, 0.15) is 18.0 Å². The molecule has 0 fully saturated rings. The first kappa shape index (κ1) is 25.9. The predicted octanol–water partition coefficient (Wildman–Crippen LogP) is 5.20. The van der Waals surface area contributed by atoms with Crippen molar-refractivity contribution in [2.45, 2.75) is 12.6 Å². The fraction of sp³-hybridized carbons (Fsp3) is 0.207. The normalized spacial score (nSPS) is 12.2. The topological polar surface area (TPSA) is 79.4 Å². The molecule has 0 bridgehead atoms. The lowest BCUT2D eigenvalue weighted by Crippen LogP contribution is -2.18. The molecule has 3 aromatic carbocycles. The second kappa shape index (κ2) is 12.7. The quantitative estimate of drug-likeness (QED) is 0.276. The van der Waals surface area contributed by atoms with Crippen LogP contribution in [0, 0.1) is 5.82 Å². The Morgan fingerprint density at radius 1 is 1.05 bits per heavy atom. The lowest BCUT2D eigenvalue weighted by atomic mass is 10.1. The Morgan fingerprint density at radius 3 is 2.68 bits per heavy atom. The molecule has 1 aromatic heterocycles. The van der Waals surface area contributed by atoms with Gasteiger partial charge in [-0.05, 0) is 55.6 Å². The summed E-state index contributed by atoms with van der Waals surface area (Å²) in [6.45, 7) is 1.29. The molecule has 0 saturated carbocycles. The number of carbonyl (C=O) groups is 1. The minimum atomic E-state index is -0.289.